The summed E-state index contributed by atoms with van der Waals surface area (Å²) in [6, 6.07) is 3.47. The molecule has 0 spiro atoms. The van der Waals surface area contributed by atoms with Crippen LogP contribution in [0.3, 0.4) is 0 Å². The maximum absolute atomic E-state index is 11.8. The highest BCUT2D eigenvalue weighted by Crippen LogP contribution is 2.16. The number of pyridine rings is 1. The molecule has 0 N–H and O–H groups in total. The van der Waals surface area contributed by atoms with Crippen LogP contribution in [0.25, 0.3) is 0 Å². The maximum atomic E-state index is 11.8. The molecular weight excluding hydrogens is 206 g/mol. The first kappa shape index (κ1) is 12.6. The molecule has 0 aliphatic carbocycles. The average molecular weight is 223 g/mol. The van der Waals surface area contributed by atoms with Crippen LogP contribution in [0.2, 0.25) is 0 Å². The van der Waals surface area contributed by atoms with E-state index in [4.69, 9.17) is 9.47 Å². The number of rotatable bonds is 7. The molecule has 0 saturated heterocycles. The predicted octanol–water partition coefficient (Wildman–Crippen LogP) is 2.09. The average Bonchev–Trinajstić information content (AvgIpc) is 2.34. The van der Waals surface area contributed by atoms with Gasteiger partial charge in [0.25, 0.3) is 0 Å². The lowest BCUT2D eigenvalue weighted by Gasteiger charge is -2.06. The van der Waals surface area contributed by atoms with Crippen LogP contribution < -0.4 is 4.74 Å². The Labute approximate surface area is 95.6 Å². The largest absolute Gasteiger partial charge is 0.494 e. The smallest absolute Gasteiger partial charge is 0.187 e. The van der Waals surface area contributed by atoms with Crippen LogP contribution in [0.15, 0.2) is 18.3 Å². The number of hydrogen-bond donors (Lipinski definition) is 0. The summed E-state index contributed by atoms with van der Waals surface area (Å²) in [5.74, 6) is 0.469. The third kappa shape index (κ3) is 3.62. The van der Waals surface area contributed by atoms with E-state index in [0.29, 0.717) is 31.1 Å². The van der Waals surface area contributed by atoms with Gasteiger partial charge >= 0.3 is 0 Å². The van der Waals surface area contributed by atoms with Crippen LogP contribution in [-0.2, 0) is 4.74 Å². The maximum Gasteiger partial charge on any atom is 0.187 e. The van der Waals surface area contributed by atoms with Gasteiger partial charge in [-0.05, 0) is 18.6 Å². The standard InChI is InChI=1S/C12H17NO3/c1-3-8-16-9-6-10(14)12-11(15-2)5-4-7-13-12/h4-5,7H,3,6,8-9H2,1-2H3. The lowest BCUT2D eigenvalue weighted by atomic mass is 10.2. The Bertz CT molecular complexity index is 339. The molecule has 1 rings (SSSR count). The zero-order chi connectivity index (χ0) is 11.8. The lowest BCUT2D eigenvalue weighted by molar-refractivity contribution is 0.0871. The zero-order valence-electron chi connectivity index (χ0n) is 9.73. The van der Waals surface area contributed by atoms with Gasteiger partial charge in [0.1, 0.15) is 11.4 Å². The van der Waals surface area contributed by atoms with Gasteiger partial charge in [0.2, 0.25) is 0 Å². The van der Waals surface area contributed by atoms with Crippen molar-refractivity contribution in [2.45, 2.75) is 19.8 Å². The van der Waals surface area contributed by atoms with Crippen molar-refractivity contribution >= 4 is 5.78 Å². The van der Waals surface area contributed by atoms with Crippen molar-refractivity contribution in [2.75, 3.05) is 20.3 Å². The van der Waals surface area contributed by atoms with Crippen LogP contribution in [0.4, 0.5) is 0 Å². The molecule has 0 aromatic carbocycles. The molecule has 0 unspecified atom stereocenters. The van der Waals surface area contributed by atoms with Crippen molar-refractivity contribution in [3.63, 3.8) is 0 Å². The molecule has 4 heteroatoms. The van der Waals surface area contributed by atoms with Gasteiger partial charge in [-0.3, -0.25) is 4.79 Å². The highest BCUT2D eigenvalue weighted by Gasteiger charge is 2.12. The third-order valence-corrected chi connectivity index (χ3v) is 2.08. The minimum absolute atomic E-state index is 0.0476. The number of hydrogen-bond acceptors (Lipinski definition) is 4. The van der Waals surface area contributed by atoms with Crippen LogP contribution >= 0.6 is 0 Å². The van der Waals surface area contributed by atoms with E-state index in [-0.39, 0.29) is 5.78 Å². The number of ketones is 1. The van der Waals surface area contributed by atoms with Crippen LogP contribution in [0, 0.1) is 0 Å². The minimum atomic E-state index is -0.0476. The molecule has 0 atom stereocenters. The lowest BCUT2D eigenvalue weighted by Crippen LogP contribution is -2.08. The molecule has 1 aromatic rings. The van der Waals surface area contributed by atoms with Crippen LogP contribution in [-0.4, -0.2) is 31.1 Å². The second-order valence-electron chi connectivity index (χ2n) is 3.34. The molecule has 0 bridgehead atoms. The van der Waals surface area contributed by atoms with Crippen molar-refractivity contribution in [3.8, 4) is 5.75 Å². The van der Waals surface area contributed by atoms with Gasteiger partial charge in [0, 0.05) is 19.2 Å². The van der Waals surface area contributed by atoms with E-state index >= 15 is 0 Å². The number of carbonyl (C=O) groups is 1. The van der Waals surface area contributed by atoms with Gasteiger partial charge in [-0.25, -0.2) is 4.98 Å². The second kappa shape index (κ2) is 6.95. The van der Waals surface area contributed by atoms with E-state index in [0.717, 1.165) is 6.42 Å². The number of methoxy groups -OCH3 is 1. The van der Waals surface area contributed by atoms with E-state index in [1.54, 1.807) is 18.3 Å². The summed E-state index contributed by atoms with van der Waals surface area (Å²) in [4.78, 5) is 15.8. The molecule has 0 fully saturated rings. The fourth-order valence-corrected chi connectivity index (χ4v) is 1.29. The van der Waals surface area contributed by atoms with Crippen molar-refractivity contribution in [2.24, 2.45) is 0 Å². The van der Waals surface area contributed by atoms with E-state index in [1.165, 1.54) is 7.11 Å². The first-order valence-electron chi connectivity index (χ1n) is 5.39. The highest BCUT2D eigenvalue weighted by molar-refractivity contribution is 5.96. The molecule has 0 saturated carbocycles. The topological polar surface area (TPSA) is 48.4 Å². The molecule has 16 heavy (non-hydrogen) atoms. The Morgan fingerprint density at radius 3 is 2.94 bits per heavy atom. The monoisotopic (exact) mass is 223 g/mol. The van der Waals surface area contributed by atoms with Crippen molar-refractivity contribution in [1.82, 2.24) is 4.98 Å². The molecule has 0 amide bonds. The molecule has 0 aliphatic rings. The summed E-state index contributed by atoms with van der Waals surface area (Å²) >= 11 is 0. The Hall–Kier alpha value is -1.42. The number of ether oxygens (including phenoxy) is 2. The summed E-state index contributed by atoms with van der Waals surface area (Å²) in [5.41, 5.74) is 0.380. The molecule has 4 nitrogen and oxygen atoms in total. The Balaban J connectivity index is 2.52. The molecule has 88 valence electrons. The molecule has 0 radical (unpaired) electrons. The van der Waals surface area contributed by atoms with E-state index in [1.807, 2.05) is 6.92 Å². The van der Waals surface area contributed by atoms with Gasteiger partial charge in [-0.15, -0.1) is 0 Å². The fraction of sp³-hybridized carbons (Fsp3) is 0.500. The summed E-state index contributed by atoms with van der Waals surface area (Å²) in [6.07, 6.45) is 2.89. The van der Waals surface area contributed by atoms with E-state index in [2.05, 4.69) is 4.98 Å². The number of aromatic nitrogens is 1. The molecule has 0 aliphatic heterocycles. The highest BCUT2D eigenvalue weighted by atomic mass is 16.5. The summed E-state index contributed by atoms with van der Waals surface area (Å²) < 4.78 is 10.3. The first-order chi connectivity index (χ1) is 7.79. The summed E-state index contributed by atoms with van der Waals surface area (Å²) in [5, 5.41) is 0. The minimum Gasteiger partial charge on any atom is -0.494 e. The molecule has 1 aromatic heterocycles. The van der Waals surface area contributed by atoms with E-state index < -0.39 is 0 Å². The Kier molecular flexibility index (Phi) is 5.50. The summed E-state index contributed by atoms with van der Waals surface area (Å²) in [7, 11) is 1.53. The first-order valence-corrected chi connectivity index (χ1v) is 5.39. The van der Waals surface area contributed by atoms with Gasteiger partial charge < -0.3 is 9.47 Å². The fourth-order valence-electron chi connectivity index (χ4n) is 1.29. The van der Waals surface area contributed by atoms with Crippen LogP contribution in [0.5, 0.6) is 5.75 Å². The Morgan fingerprint density at radius 2 is 2.25 bits per heavy atom. The van der Waals surface area contributed by atoms with Gasteiger partial charge in [-0.1, -0.05) is 6.92 Å². The van der Waals surface area contributed by atoms with E-state index in [9.17, 15) is 4.79 Å². The van der Waals surface area contributed by atoms with Gasteiger partial charge in [-0.2, -0.15) is 0 Å². The number of carbonyl (C=O) groups excluding carboxylic acids is 1. The number of Topliss-reactive ketones (excluding diaryl/α,β-unsaturated/α-hetero) is 1. The Morgan fingerprint density at radius 1 is 1.44 bits per heavy atom. The van der Waals surface area contributed by atoms with Gasteiger partial charge in [0.15, 0.2) is 5.78 Å². The summed E-state index contributed by atoms with van der Waals surface area (Å²) in [6.45, 7) is 3.16. The second-order valence-corrected chi connectivity index (χ2v) is 3.34. The SMILES string of the molecule is CCCOCCC(=O)c1ncccc1OC. The molecule has 1 heterocycles. The van der Waals surface area contributed by atoms with Crippen molar-refractivity contribution in [3.05, 3.63) is 24.0 Å². The predicted molar refractivity (Wildman–Crippen MR) is 60.8 cm³/mol. The van der Waals surface area contributed by atoms with Crippen LogP contribution in [0.1, 0.15) is 30.3 Å². The molecular formula is C12H17NO3. The zero-order valence-corrected chi connectivity index (χ0v) is 9.73. The quantitative estimate of drug-likeness (QED) is 0.524. The third-order valence-electron chi connectivity index (χ3n) is 2.08. The normalized spacial score (nSPS) is 10.1. The van der Waals surface area contributed by atoms with Crippen molar-refractivity contribution in [1.29, 1.82) is 0 Å². The number of nitrogens with zero attached hydrogens (tertiary/aromatic N) is 1. The van der Waals surface area contributed by atoms with Gasteiger partial charge in [0.05, 0.1) is 13.7 Å². The van der Waals surface area contributed by atoms with Crippen molar-refractivity contribution < 1.29 is 14.3 Å².